The first kappa shape index (κ1) is 44.2. The highest BCUT2D eigenvalue weighted by Crippen LogP contribution is 2.97. The molecule has 0 N–H and O–H groups in total. The predicted molar refractivity (Wildman–Crippen MR) is 437 cm³/mol. The molecule has 3 heterocycles. The summed E-state index contributed by atoms with van der Waals surface area (Å²) in [7, 11) is 0. The Bertz CT molecular complexity index is 10100. The van der Waals surface area contributed by atoms with Gasteiger partial charge in [-0.05, 0) is 487 Å². The molecule has 30 aromatic carbocycles. The monoisotopic (exact) mass is 1330 g/mol. The van der Waals surface area contributed by atoms with Crippen LogP contribution in [-0.4, -0.2) is 19.9 Å². The Morgan fingerprint density at radius 2 is 0.617 bits per heavy atom. The average Bonchev–Trinajstić information content (AvgIpc) is 1.39. The molecule has 107 heavy (non-hydrogen) atoms. The highest BCUT2D eigenvalue weighted by atomic mass is 14.9. The Kier molecular flexibility index (Phi) is 4.50. The van der Waals surface area contributed by atoms with Crippen LogP contribution in [0.2, 0.25) is 0 Å². The smallest absolute Gasteiger partial charge is 0.0996 e. The van der Waals surface area contributed by atoms with Crippen LogP contribution in [0.5, 0.6) is 0 Å². The molecule has 2 spiro atoms. The van der Waals surface area contributed by atoms with Crippen LogP contribution in [0.25, 0.3) is 335 Å². The van der Waals surface area contributed by atoms with Gasteiger partial charge in [0, 0.05) is 34.0 Å². The maximum absolute atomic E-state index is 5.65. The maximum Gasteiger partial charge on any atom is 0.0996 e. The van der Waals surface area contributed by atoms with Gasteiger partial charge in [-0.2, -0.15) is 0 Å². The second-order valence-electron chi connectivity index (χ2n) is 41.7. The van der Waals surface area contributed by atoms with Crippen molar-refractivity contribution in [1.82, 2.24) is 19.9 Å². The standard InChI is InChI=1S/C103H40N4/c1-100-88-25-12-26(24-15-31-30(14-23(24)25)106-98-21-5-3-9-104-96(21)97-22(99(98)107-31)6-4-10-105-97)89(88)101(100,2)91-28-13-27(90(91)100)32-18-7-8-20(33(28)32)29-17-103-94-84-74-64-54-46-38-35-34-36-40-42(38)50-56-48(40)58-52-44(36)45-37(34)41-43-39(35)47(46)55-61-51(43)57-49(41)59-53(45)63-62(52)72-66(58)76-70(56)78(68(74)60(50)54)86(94)82(76)92-80(72)81-73(63)67(59)77-71(57)79-69(61)75(65(55)64)85(84)95(103)87(79)83(77)93(81)102(92,103)16-19(29)11-18/h3-6,9-10,14-15,18,20,25-28,32-33,88-91H,7-8,11-13,16-17H2,1-2H3/t18-,20-,25-,26+,27+,28-,32-,33+,88-,89+,90+,91-,100-,101+,102?,103?/m1/s1. The van der Waals surface area contributed by atoms with Crippen molar-refractivity contribution in [3.8, 4) is 0 Å². The zero-order chi connectivity index (χ0) is 64.8. The van der Waals surface area contributed by atoms with Gasteiger partial charge >= 0.3 is 0 Å². The second kappa shape index (κ2) is 10.9. The van der Waals surface area contributed by atoms with E-state index in [4.69, 9.17) is 19.9 Å². The van der Waals surface area contributed by atoms with E-state index < -0.39 is 0 Å². The van der Waals surface area contributed by atoms with Gasteiger partial charge in [0.15, 0.2) is 0 Å². The molecule has 4 heteroatoms. The minimum Gasteiger partial charge on any atom is -0.254 e. The lowest BCUT2D eigenvalue weighted by molar-refractivity contribution is -0.373. The first-order valence-electron chi connectivity index (χ1n) is 41.7. The maximum atomic E-state index is 5.65. The molecule has 0 radical (unpaired) electrons. The summed E-state index contributed by atoms with van der Waals surface area (Å²) in [6, 6.07) is 13.6. The fourth-order valence-electron chi connectivity index (χ4n) is 41.5. The summed E-state index contributed by atoms with van der Waals surface area (Å²) < 4.78 is 0. The van der Waals surface area contributed by atoms with Crippen LogP contribution in [-0.2, 0) is 10.8 Å². The summed E-state index contributed by atoms with van der Waals surface area (Å²) >= 11 is 0. The molecule has 14 aliphatic rings. The van der Waals surface area contributed by atoms with Gasteiger partial charge in [0.1, 0.15) is 0 Å². The lowest BCUT2D eigenvalue weighted by atomic mass is 9.19. The van der Waals surface area contributed by atoms with Crippen LogP contribution in [0.3, 0.4) is 0 Å². The molecular weight excluding hydrogens is 1290 g/mol. The van der Waals surface area contributed by atoms with E-state index in [1.807, 2.05) is 40.2 Å². The summed E-state index contributed by atoms with van der Waals surface area (Å²) in [5.74, 6) is 9.37. The van der Waals surface area contributed by atoms with Gasteiger partial charge in [-0.25, -0.2) is 9.97 Å². The third kappa shape index (κ3) is 2.78. The average molecular weight is 1330 g/mol. The van der Waals surface area contributed by atoms with Gasteiger partial charge in [0.05, 0.1) is 33.1 Å². The quantitative estimate of drug-likeness (QED) is 0.0657. The van der Waals surface area contributed by atoms with Crippen LogP contribution < -0.4 is 0 Å². The van der Waals surface area contributed by atoms with Crippen molar-refractivity contribution < 1.29 is 0 Å². The van der Waals surface area contributed by atoms with Crippen LogP contribution in [0.1, 0.15) is 104 Å². The van der Waals surface area contributed by atoms with E-state index in [1.54, 1.807) is 302 Å². The topological polar surface area (TPSA) is 51.6 Å². The zero-order valence-corrected chi connectivity index (χ0v) is 57.3. The molecule has 0 aliphatic heterocycles. The Balaban J connectivity index is 0.593. The van der Waals surface area contributed by atoms with Gasteiger partial charge in [-0.1, -0.05) is 25.0 Å². The number of allylic oxidation sites excluding steroid dienone is 2. The first-order chi connectivity index (χ1) is 53.0. The van der Waals surface area contributed by atoms with Gasteiger partial charge in [-0.3, -0.25) is 9.97 Å². The van der Waals surface area contributed by atoms with E-state index in [0.717, 1.165) is 97.1 Å². The molecule has 14 atom stereocenters. The number of fused-ring (bicyclic) bond motifs is 26. The molecular formula is C103H40N4. The Morgan fingerprint density at radius 3 is 0.953 bits per heavy atom. The fourth-order valence-corrected chi connectivity index (χ4v) is 41.5. The van der Waals surface area contributed by atoms with E-state index in [1.165, 1.54) is 44.9 Å². The van der Waals surface area contributed by atoms with Crippen molar-refractivity contribution in [2.75, 3.05) is 0 Å². The molecule has 14 aliphatic carbocycles. The largest absolute Gasteiger partial charge is 0.254 e. The van der Waals surface area contributed by atoms with Crippen molar-refractivity contribution >= 4 is 335 Å². The number of aromatic nitrogens is 4. The van der Waals surface area contributed by atoms with Crippen molar-refractivity contribution in [3.05, 3.63) is 93.3 Å². The summed E-state index contributed by atoms with van der Waals surface area (Å²) in [6.45, 7) is 5.88. The second-order valence-corrected chi connectivity index (χ2v) is 41.7. The molecule has 6 bridgehead atoms. The highest BCUT2D eigenvalue weighted by molar-refractivity contribution is 6.82. The number of hydrogen-bond donors (Lipinski definition) is 0. The number of pyridine rings is 2. The lowest BCUT2D eigenvalue weighted by Crippen LogP contribution is -2.81. The van der Waals surface area contributed by atoms with E-state index in [0.29, 0.717) is 28.6 Å². The predicted octanol–water partition coefficient (Wildman–Crippen LogP) is 25.7. The molecule has 3 aromatic heterocycles. The number of rotatable bonds is 0. The van der Waals surface area contributed by atoms with E-state index in [2.05, 4.69) is 55.8 Å². The molecule has 0 unspecified atom stereocenters. The Morgan fingerprint density at radius 1 is 0.308 bits per heavy atom. The van der Waals surface area contributed by atoms with Gasteiger partial charge < -0.3 is 0 Å². The summed E-state index contributed by atoms with van der Waals surface area (Å²) in [5.41, 5.74) is 21.3. The third-order valence-electron chi connectivity index (χ3n) is 41.9. The fraction of sp³-hybridized carbons (Fsp3) is 0.243. The Labute approximate surface area is 595 Å². The van der Waals surface area contributed by atoms with E-state index >= 15 is 0 Å². The van der Waals surface area contributed by atoms with Crippen LogP contribution >= 0.6 is 0 Å². The molecule has 33 aromatic rings. The minimum absolute atomic E-state index is 0.182. The normalized spacial score (nSPS) is 33.9. The van der Waals surface area contributed by atoms with Crippen LogP contribution in [0, 0.1) is 70.0 Å². The molecule has 0 saturated heterocycles. The third-order valence-corrected chi connectivity index (χ3v) is 41.9. The SMILES string of the molecule is C[C@@]12[C@H]3[C@H]4C[C@H]([C@H]5[C@@H]4[C@@H]4CC[C@@H]5C5=C(C4)CC46c7c8c9c%10c%11c%12c(c%13c%14c4c4c7c7c%15c8c8c9c9c%11c%11c%16c%12c%12c%13c%13c%14c%14c4c4c7c7c%15c%15c8c8c9c%11c9c%11c%16c%12c%12c%13c%13c%14c4c4c7c7c%15c8c9c8c%11c%12c%13c4c78)C%106C5)[C@H]3[C@]1(C)[C@@H]1[C@H]2[C@@H]2C[C@H]1c1cc3nc4c5cccnc5c5ncccc5c4nc3cc12. The lowest BCUT2D eigenvalue weighted by Gasteiger charge is -2.85. The van der Waals surface area contributed by atoms with Crippen molar-refractivity contribution in [1.29, 1.82) is 0 Å². The van der Waals surface area contributed by atoms with Crippen molar-refractivity contribution in [3.63, 3.8) is 0 Å². The van der Waals surface area contributed by atoms with Crippen molar-refractivity contribution in [2.45, 2.75) is 81.5 Å². The number of hydrogen-bond acceptors (Lipinski definition) is 4. The van der Waals surface area contributed by atoms with Crippen LogP contribution in [0.4, 0.5) is 0 Å². The molecule has 6 fully saturated rings. The van der Waals surface area contributed by atoms with E-state index in [-0.39, 0.29) is 10.8 Å². The zero-order valence-electron chi connectivity index (χ0n) is 57.3. The van der Waals surface area contributed by atoms with Gasteiger partial charge in [0.2, 0.25) is 0 Å². The van der Waals surface area contributed by atoms with Gasteiger partial charge in [-0.15, -0.1) is 0 Å². The van der Waals surface area contributed by atoms with Gasteiger partial charge in [0.25, 0.3) is 0 Å². The molecule has 6 saturated carbocycles. The number of nitrogens with zero attached hydrogens (tertiary/aromatic N) is 4. The Hall–Kier alpha value is -10.9. The van der Waals surface area contributed by atoms with Crippen molar-refractivity contribution in [2.24, 2.45) is 70.0 Å². The van der Waals surface area contributed by atoms with E-state index in [9.17, 15) is 0 Å². The number of benzene rings is 20. The minimum atomic E-state index is -0.191. The summed E-state index contributed by atoms with van der Waals surface area (Å²) in [6.07, 6.45) is 13.4. The first-order valence-corrected chi connectivity index (χ1v) is 41.7. The summed E-state index contributed by atoms with van der Waals surface area (Å²) in [5, 5.41) is 95.4. The summed E-state index contributed by atoms with van der Waals surface area (Å²) in [4.78, 5) is 21.1. The molecule has 472 valence electrons. The molecule has 47 rings (SSSR count). The molecule has 0 amide bonds. The van der Waals surface area contributed by atoms with Crippen LogP contribution in [0.15, 0.2) is 59.9 Å². The highest BCUT2D eigenvalue weighted by Gasteiger charge is 2.91. The molecule has 4 nitrogen and oxygen atoms in total.